The van der Waals surface area contributed by atoms with Crippen molar-refractivity contribution in [3.63, 3.8) is 0 Å². The van der Waals surface area contributed by atoms with Gasteiger partial charge in [-0.2, -0.15) is 0 Å². The van der Waals surface area contributed by atoms with Gasteiger partial charge < -0.3 is 10.0 Å². The van der Waals surface area contributed by atoms with Gasteiger partial charge in [-0.15, -0.1) is 0 Å². The molecule has 0 bridgehead atoms. The van der Waals surface area contributed by atoms with E-state index in [9.17, 15) is 5.11 Å². The molecule has 0 amide bonds. The monoisotopic (exact) mass is 338 g/mol. The van der Waals surface area contributed by atoms with Crippen LogP contribution in [0.25, 0.3) is 0 Å². The maximum absolute atomic E-state index is 9.66. The molecule has 1 aromatic carbocycles. The van der Waals surface area contributed by atoms with E-state index < -0.39 is 6.10 Å². The zero-order chi connectivity index (χ0) is 14.1. The number of hydrogen-bond acceptors (Lipinski definition) is 3. The van der Waals surface area contributed by atoms with Gasteiger partial charge in [0.2, 0.25) is 0 Å². The number of piperazine rings is 1. The van der Waals surface area contributed by atoms with Gasteiger partial charge in [-0.25, -0.2) is 0 Å². The van der Waals surface area contributed by atoms with Crippen LogP contribution < -0.4 is 4.90 Å². The van der Waals surface area contributed by atoms with Crippen LogP contribution in [0, 0.1) is 0 Å². The molecule has 2 aliphatic rings. The second-order valence-corrected chi connectivity index (χ2v) is 6.87. The first-order valence-electron chi connectivity index (χ1n) is 7.61. The molecule has 20 heavy (non-hydrogen) atoms. The van der Waals surface area contributed by atoms with Gasteiger partial charge in [0.05, 0.1) is 11.8 Å². The van der Waals surface area contributed by atoms with Crippen LogP contribution in [-0.4, -0.2) is 42.2 Å². The van der Waals surface area contributed by atoms with Crippen molar-refractivity contribution in [3.05, 3.63) is 28.2 Å². The lowest BCUT2D eigenvalue weighted by Crippen LogP contribution is -2.55. The number of aliphatic hydroxyl groups excluding tert-OH is 1. The fourth-order valence-electron chi connectivity index (χ4n) is 3.41. The number of nitrogens with zero attached hydrogens (tertiary/aromatic N) is 2. The molecule has 4 heteroatoms. The average molecular weight is 339 g/mol. The predicted molar refractivity (Wildman–Crippen MR) is 86.2 cm³/mol. The Morgan fingerprint density at radius 3 is 2.85 bits per heavy atom. The first kappa shape index (κ1) is 14.4. The summed E-state index contributed by atoms with van der Waals surface area (Å²) in [5.74, 6) is 0. The second-order valence-electron chi connectivity index (χ2n) is 6.02. The van der Waals surface area contributed by atoms with E-state index in [0.29, 0.717) is 0 Å². The summed E-state index contributed by atoms with van der Waals surface area (Å²) in [6.07, 6.45) is 3.66. The quantitative estimate of drug-likeness (QED) is 0.897. The third-order valence-electron chi connectivity index (χ3n) is 4.63. The number of benzene rings is 1. The van der Waals surface area contributed by atoms with E-state index in [1.165, 1.54) is 38.0 Å². The van der Waals surface area contributed by atoms with E-state index in [2.05, 4.69) is 31.8 Å². The van der Waals surface area contributed by atoms with Gasteiger partial charge >= 0.3 is 0 Å². The van der Waals surface area contributed by atoms with Crippen molar-refractivity contribution in [1.82, 2.24) is 4.90 Å². The Kier molecular flexibility index (Phi) is 4.34. The Bertz CT molecular complexity index is 478. The fourth-order valence-corrected chi connectivity index (χ4v) is 4.06. The van der Waals surface area contributed by atoms with Crippen molar-refractivity contribution in [2.75, 3.05) is 31.1 Å². The molecule has 2 unspecified atom stereocenters. The standard InChI is InChI=1S/C16H23BrN2O/c1-12(20)13-5-6-16(15(17)10-13)19-9-8-18-7-3-2-4-14(18)11-19/h5-6,10,12,14,20H,2-4,7-9,11H2,1H3. The Morgan fingerprint density at radius 1 is 1.25 bits per heavy atom. The topological polar surface area (TPSA) is 26.7 Å². The molecule has 0 saturated carbocycles. The molecule has 3 rings (SSSR count). The van der Waals surface area contributed by atoms with E-state index in [0.717, 1.165) is 29.2 Å². The zero-order valence-corrected chi connectivity index (χ0v) is 13.6. The lowest BCUT2D eigenvalue weighted by Gasteiger charge is -2.45. The van der Waals surface area contributed by atoms with Crippen molar-refractivity contribution in [2.24, 2.45) is 0 Å². The summed E-state index contributed by atoms with van der Waals surface area (Å²) in [5, 5.41) is 9.66. The highest BCUT2D eigenvalue weighted by atomic mass is 79.9. The third-order valence-corrected chi connectivity index (χ3v) is 5.27. The van der Waals surface area contributed by atoms with E-state index in [1.54, 1.807) is 0 Å². The van der Waals surface area contributed by atoms with Crippen molar-refractivity contribution < 1.29 is 5.11 Å². The summed E-state index contributed by atoms with van der Waals surface area (Å²) in [6.45, 7) is 6.49. The number of anilines is 1. The van der Waals surface area contributed by atoms with Crippen LogP contribution in [0.15, 0.2) is 22.7 Å². The number of hydrogen-bond donors (Lipinski definition) is 1. The molecule has 0 spiro atoms. The summed E-state index contributed by atoms with van der Waals surface area (Å²) in [5.41, 5.74) is 2.23. The summed E-state index contributed by atoms with van der Waals surface area (Å²) in [7, 11) is 0. The molecular formula is C16H23BrN2O. The highest BCUT2D eigenvalue weighted by Crippen LogP contribution is 2.32. The molecule has 2 atom stereocenters. The van der Waals surface area contributed by atoms with Crippen molar-refractivity contribution in [1.29, 1.82) is 0 Å². The number of halogens is 1. The van der Waals surface area contributed by atoms with Crippen molar-refractivity contribution in [2.45, 2.75) is 38.3 Å². The van der Waals surface area contributed by atoms with Crippen LogP contribution >= 0.6 is 15.9 Å². The molecule has 0 aromatic heterocycles. The van der Waals surface area contributed by atoms with Crippen LogP contribution in [0.4, 0.5) is 5.69 Å². The third kappa shape index (κ3) is 2.87. The number of rotatable bonds is 2. The lowest BCUT2D eigenvalue weighted by atomic mass is 9.99. The molecule has 1 N–H and O–H groups in total. The van der Waals surface area contributed by atoms with Gasteiger partial charge in [0.15, 0.2) is 0 Å². The number of aliphatic hydroxyl groups is 1. The molecule has 2 fully saturated rings. The van der Waals surface area contributed by atoms with Gasteiger partial charge in [0, 0.05) is 30.1 Å². The van der Waals surface area contributed by atoms with Crippen LogP contribution in [0.1, 0.15) is 37.9 Å². The number of fused-ring (bicyclic) bond motifs is 1. The van der Waals surface area contributed by atoms with Crippen LogP contribution in [0.3, 0.4) is 0 Å². The first-order chi connectivity index (χ1) is 9.65. The number of piperidine rings is 1. The maximum Gasteiger partial charge on any atom is 0.0762 e. The van der Waals surface area contributed by atoms with Gasteiger partial charge in [0.1, 0.15) is 0 Å². The fraction of sp³-hybridized carbons (Fsp3) is 0.625. The van der Waals surface area contributed by atoms with Gasteiger partial charge in [-0.05, 0) is 59.9 Å². The Balaban J connectivity index is 1.76. The summed E-state index contributed by atoms with van der Waals surface area (Å²) >= 11 is 3.67. The minimum absolute atomic E-state index is 0.407. The van der Waals surface area contributed by atoms with Crippen molar-refractivity contribution >= 4 is 21.6 Å². The normalized spacial score (nSPS) is 25.4. The highest BCUT2D eigenvalue weighted by molar-refractivity contribution is 9.10. The summed E-state index contributed by atoms with van der Waals surface area (Å²) < 4.78 is 1.10. The maximum atomic E-state index is 9.66. The van der Waals surface area contributed by atoms with E-state index >= 15 is 0 Å². The van der Waals surface area contributed by atoms with Gasteiger partial charge in [-0.1, -0.05) is 12.5 Å². The largest absolute Gasteiger partial charge is 0.389 e. The molecule has 1 aromatic rings. The van der Waals surface area contributed by atoms with Crippen LogP contribution in [0.2, 0.25) is 0 Å². The average Bonchev–Trinajstić information content (AvgIpc) is 2.46. The molecule has 110 valence electrons. The van der Waals surface area contributed by atoms with Crippen LogP contribution in [-0.2, 0) is 0 Å². The van der Waals surface area contributed by atoms with Crippen molar-refractivity contribution in [3.8, 4) is 0 Å². The molecule has 3 nitrogen and oxygen atoms in total. The minimum atomic E-state index is -0.407. The van der Waals surface area contributed by atoms with E-state index in [4.69, 9.17) is 0 Å². The molecule has 2 heterocycles. The van der Waals surface area contributed by atoms with Crippen LogP contribution in [0.5, 0.6) is 0 Å². The zero-order valence-electron chi connectivity index (χ0n) is 12.1. The molecule has 0 radical (unpaired) electrons. The van der Waals surface area contributed by atoms with E-state index in [1.807, 2.05) is 19.1 Å². The first-order valence-corrected chi connectivity index (χ1v) is 8.41. The predicted octanol–water partition coefficient (Wildman–Crippen LogP) is 3.18. The smallest absolute Gasteiger partial charge is 0.0762 e. The summed E-state index contributed by atoms with van der Waals surface area (Å²) in [4.78, 5) is 5.14. The minimum Gasteiger partial charge on any atom is -0.389 e. The molecule has 0 aliphatic carbocycles. The Morgan fingerprint density at radius 2 is 2.10 bits per heavy atom. The van der Waals surface area contributed by atoms with Gasteiger partial charge in [0.25, 0.3) is 0 Å². The summed E-state index contributed by atoms with van der Waals surface area (Å²) in [6, 6.07) is 6.96. The van der Waals surface area contributed by atoms with Gasteiger partial charge in [-0.3, -0.25) is 4.90 Å². The lowest BCUT2D eigenvalue weighted by molar-refractivity contribution is 0.133. The molecule has 2 saturated heterocycles. The Labute approximate surface area is 129 Å². The SMILES string of the molecule is CC(O)c1ccc(N2CCN3CCCCC3C2)c(Br)c1. The van der Waals surface area contributed by atoms with E-state index in [-0.39, 0.29) is 0 Å². The Hall–Kier alpha value is -0.580. The molecular weight excluding hydrogens is 316 g/mol. The second kappa shape index (κ2) is 6.04. The highest BCUT2D eigenvalue weighted by Gasteiger charge is 2.29. The molecule has 2 aliphatic heterocycles.